The first-order valence-electron chi connectivity index (χ1n) is 9.95. The van der Waals surface area contributed by atoms with Gasteiger partial charge in [0, 0.05) is 42.9 Å². The third-order valence-corrected chi connectivity index (χ3v) is 5.23. The van der Waals surface area contributed by atoms with Crippen LogP contribution in [-0.4, -0.2) is 28.9 Å². The lowest BCUT2D eigenvalue weighted by Crippen LogP contribution is -2.35. The van der Waals surface area contributed by atoms with E-state index in [-0.39, 0.29) is 18.9 Å². The third-order valence-electron chi connectivity index (χ3n) is 5.23. The van der Waals surface area contributed by atoms with Crippen molar-refractivity contribution in [3.63, 3.8) is 0 Å². The van der Waals surface area contributed by atoms with Crippen LogP contribution in [0.2, 0.25) is 0 Å². The van der Waals surface area contributed by atoms with Gasteiger partial charge in [-0.15, -0.1) is 0 Å². The first kappa shape index (κ1) is 19.0. The molecule has 1 aliphatic rings. The lowest BCUT2D eigenvalue weighted by Gasteiger charge is -2.21. The zero-order valence-corrected chi connectivity index (χ0v) is 16.3. The maximum absolute atomic E-state index is 12.7. The number of hydrogen-bond acceptors (Lipinski definition) is 5. The highest BCUT2D eigenvalue weighted by Crippen LogP contribution is 2.33. The minimum atomic E-state index is -0.154. The quantitative estimate of drug-likeness (QED) is 0.610. The molecule has 0 bridgehead atoms. The van der Waals surface area contributed by atoms with Crippen molar-refractivity contribution in [3.05, 3.63) is 59.6 Å². The number of carbonyl (C=O) groups is 1. The molecule has 0 saturated heterocycles. The van der Waals surface area contributed by atoms with Crippen LogP contribution in [0, 0.1) is 11.3 Å². The maximum Gasteiger partial charge on any atom is 0.260 e. The standard InChI is InChI=1S/C23H23N3O3/c24-10-4-12-26(15-17-5-3-11-25-14-17)23(27)16-28-18-8-9-22-20(13-18)19-6-1-2-7-21(19)29-22/h3,5,8-9,11,13-14H,1-2,4,6-7,12,15-16H2. The van der Waals surface area contributed by atoms with Gasteiger partial charge in [-0.3, -0.25) is 9.78 Å². The number of ether oxygens (including phenoxy) is 1. The van der Waals surface area contributed by atoms with Crippen LogP contribution in [0.4, 0.5) is 0 Å². The topological polar surface area (TPSA) is 79.4 Å². The summed E-state index contributed by atoms with van der Waals surface area (Å²) in [6, 6.07) is 11.6. The SMILES string of the molecule is N#CCCN(Cc1cccnc1)C(=O)COc1ccc2oc3c(c2c1)CCCC3. The van der Waals surface area contributed by atoms with E-state index in [1.54, 1.807) is 17.3 Å². The molecule has 6 heteroatoms. The molecule has 1 amide bonds. The monoisotopic (exact) mass is 389 g/mol. The van der Waals surface area contributed by atoms with E-state index in [0.717, 1.165) is 35.1 Å². The average molecular weight is 389 g/mol. The maximum atomic E-state index is 12.7. The van der Waals surface area contributed by atoms with Crippen LogP contribution in [-0.2, 0) is 24.2 Å². The van der Waals surface area contributed by atoms with Crippen LogP contribution in [0.15, 0.2) is 47.1 Å². The van der Waals surface area contributed by atoms with Crippen molar-refractivity contribution in [2.24, 2.45) is 0 Å². The van der Waals surface area contributed by atoms with Gasteiger partial charge in [0.05, 0.1) is 12.5 Å². The summed E-state index contributed by atoms with van der Waals surface area (Å²) < 4.78 is 11.8. The van der Waals surface area contributed by atoms with Gasteiger partial charge in [0.2, 0.25) is 0 Å². The molecular weight excluding hydrogens is 366 g/mol. The summed E-state index contributed by atoms with van der Waals surface area (Å²) in [6.45, 7) is 0.699. The average Bonchev–Trinajstić information content (AvgIpc) is 3.13. The summed E-state index contributed by atoms with van der Waals surface area (Å²) in [5.41, 5.74) is 3.07. The molecule has 148 valence electrons. The molecule has 0 spiro atoms. The van der Waals surface area contributed by atoms with Gasteiger partial charge in [-0.2, -0.15) is 5.26 Å². The smallest absolute Gasteiger partial charge is 0.260 e. The molecule has 0 atom stereocenters. The zero-order valence-electron chi connectivity index (χ0n) is 16.3. The number of pyridine rings is 1. The third kappa shape index (κ3) is 4.40. The molecule has 2 heterocycles. The number of aryl methyl sites for hydroxylation is 2. The lowest BCUT2D eigenvalue weighted by atomic mass is 9.96. The Kier molecular flexibility index (Phi) is 5.76. The second-order valence-electron chi connectivity index (χ2n) is 7.24. The van der Waals surface area contributed by atoms with Gasteiger partial charge in [0.1, 0.15) is 17.1 Å². The Morgan fingerprint density at radius 1 is 1.28 bits per heavy atom. The van der Waals surface area contributed by atoms with E-state index in [9.17, 15) is 4.79 Å². The van der Waals surface area contributed by atoms with Crippen molar-refractivity contribution in [2.45, 2.75) is 38.6 Å². The predicted molar refractivity (Wildman–Crippen MR) is 108 cm³/mol. The molecule has 3 aromatic rings. The minimum absolute atomic E-state index is 0.0722. The molecule has 0 saturated carbocycles. The first-order chi connectivity index (χ1) is 14.2. The molecule has 6 nitrogen and oxygen atoms in total. The largest absolute Gasteiger partial charge is 0.484 e. The molecule has 29 heavy (non-hydrogen) atoms. The van der Waals surface area contributed by atoms with Crippen LogP contribution in [0.1, 0.15) is 36.1 Å². The Bertz CT molecular complexity index is 1040. The number of fused-ring (bicyclic) bond motifs is 3. The predicted octanol–water partition coefficient (Wildman–Crippen LogP) is 4.03. The number of nitriles is 1. The summed E-state index contributed by atoms with van der Waals surface area (Å²) in [4.78, 5) is 18.4. The number of benzene rings is 1. The summed E-state index contributed by atoms with van der Waals surface area (Å²) >= 11 is 0. The molecule has 1 aliphatic carbocycles. The van der Waals surface area contributed by atoms with Crippen molar-refractivity contribution in [2.75, 3.05) is 13.2 Å². The van der Waals surface area contributed by atoms with Crippen molar-refractivity contribution in [1.82, 2.24) is 9.88 Å². The minimum Gasteiger partial charge on any atom is -0.484 e. The first-order valence-corrected chi connectivity index (χ1v) is 9.95. The Balaban J connectivity index is 1.44. The van der Waals surface area contributed by atoms with Gasteiger partial charge >= 0.3 is 0 Å². The van der Waals surface area contributed by atoms with Crippen molar-refractivity contribution < 1.29 is 13.9 Å². The highest BCUT2D eigenvalue weighted by molar-refractivity contribution is 5.84. The zero-order chi connectivity index (χ0) is 20.1. The highest BCUT2D eigenvalue weighted by Gasteiger charge is 2.19. The van der Waals surface area contributed by atoms with E-state index in [0.29, 0.717) is 18.8 Å². The number of rotatable bonds is 7. The molecule has 0 aliphatic heterocycles. The van der Waals surface area contributed by atoms with Gasteiger partial charge in [0.15, 0.2) is 6.61 Å². The van der Waals surface area contributed by atoms with Crippen LogP contribution in [0.3, 0.4) is 0 Å². The van der Waals surface area contributed by atoms with Gasteiger partial charge < -0.3 is 14.1 Å². The fourth-order valence-electron chi connectivity index (χ4n) is 3.76. The molecule has 1 aromatic carbocycles. The van der Waals surface area contributed by atoms with E-state index in [1.165, 1.54) is 18.4 Å². The lowest BCUT2D eigenvalue weighted by molar-refractivity contribution is -0.133. The van der Waals surface area contributed by atoms with E-state index in [4.69, 9.17) is 14.4 Å². The number of carbonyl (C=O) groups excluding carboxylic acids is 1. The van der Waals surface area contributed by atoms with Crippen LogP contribution in [0.5, 0.6) is 5.75 Å². The second-order valence-corrected chi connectivity index (χ2v) is 7.24. The number of furan rings is 1. The van der Waals surface area contributed by atoms with Crippen molar-refractivity contribution >= 4 is 16.9 Å². The number of hydrogen-bond donors (Lipinski definition) is 0. The van der Waals surface area contributed by atoms with Gasteiger partial charge in [-0.25, -0.2) is 0 Å². The summed E-state index contributed by atoms with van der Waals surface area (Å²) in [5, 5.41) is 9.99. The molecular formula is C23H23N3O3. The van der Waals surface area contributed by atoms with E-state index >= 15 is 0 Å². The molecule has 4 rings (SSSR count). The Labute approximate surface area is 169 Å². The van der Waals surface area contributed by atoms with E-state index < -0.39 is 0 Å². The van der Waals surface area contributed by atoms with E-state index in [1.807, 2.05) is 30.3 Å². The van der Waals surface area contributed by atoms with Gasteiger partial charge in [0.25, 0.3) is 5.91 Å². The molecule has 2 aromatic heterocycles. The number of aromatic nitrogens is 1. The number of amides is 1. The summed E-state index contributed by atoms with van der Waals surface area (Å²) in [7, 11) is 0. The molecule has 0 N–H and O–H groups in total. The fraction of sp³-hybridized carbons (Fsp3) is 0.348. The number of nitrogens with zero attached hydrogens (tertiary/aromatic N) is 3. The fourth-order valence-corrected chi connectivity index (χ4v) is 3.76. The molecule has 0 radical (unpaired) electrons. The van der Waals surface area contributed by atoms with E-state index in [2.05, 4.69) is 11.1 Å². The van der Waals surface area contributed by atoms with Gasteiger partial charge in [-0.1, -0.05) is 6.07 Å². The Morgan fingerprint density at radius 2 is 2.17 bits per heavy atom. The molecule has 0 unspecified atom stereocenters. The summed E-state index contributed by atoms with van der Waals surface area (Å²) in [5.74, 6) is 1.58. The van der Waals surface area contributed by atoms with Crippen LogP contribution < -0.4 is 4.74 Å². The second kappa shape index (κ2) is 8.78. The Hall–Kier alpha value is -3.33. The van der Waals surface area contributed by atoms with Crippen molar-refractivity contribution in [1.29, 1.82) is 5.26 Å². The Morgan fingerprint density at radius 3 is 3.00 bits per heavy atom. The summed E-state index contributed by atoms with van der Waals surface area (Å²) in [6.07, 6.45) is 8.05. The molecule has 0 fully saturated rings. The highest BCUT2D eigenvalue weighted by atomic mass is 16.5. The normalized spacial score (nSPS) is 12.9. The van der Waals surface area contributed by atoms with Gasteiger partial charge in [-0.05, 0) is 49.1 Å². The van der Waals surface area contributed by atoms with Crippen molar-refractivity contribution in [3.8, 4) is 11.8 Å². The van der Waals surface area contributed by atoms with Crippen LogP contribution >= 0.6 is 0 Å². The van der Waals surface area contributed by atoms with Crippen LogP contribution in [0.25, 0.3) is 11.0 Å².